The molecule has 0 atom stereocenters. The maximum atomic E-state index is 6.31. The number of aromatic nitrogens is 2. The maximum absolute atomic E-state index is 6.31. The number of hydrogen-bond donors (Lipinski definition) is 0. The Morgan fingerprint density at radius 1 is 0.309 bits per heavy atom. The van der Waals surface area contributed by atoms with Gasteiger partial charge >= 0.3 is 0 Å². The highest BCUT2D eigenvalue weighted by Gasteiger charge is 2.19. The molecule has 0 amide bonds. The zero-order chi connectivity index (χ0) is 36.0. The summed E-state index contributed by atoms with van der Waals surface area (Å²) in [5, 5.41) is 9.73. The van der Waals surface area contributed by atoms with E-state index in [1.165, 1.54) is 76.6 Å². The normalized spacial score (nSPS) is 12.0. The lowest BCUT2D eigenvalue weighted by atomic mass is 10.0. The van der Waals surface area contributed by atoms with Crippen molar-refractivity contribution in [3.63, 3.8) is 0 Å². The summed E-state index contributed by atoms with van der Waals surface area (Å²) in [7, 11) is 0. The van der Waals surface area contributed by atoms with Gasteiger partial charge in [-0.15, -0.1) is 0 Å². The first kappa shape index (κ1) is 30.1. The molecule has 12 aromatic rings. The first-order valence-corrected chi connectivity index (χ1v) is 18.8. The molecule has 3 heteroatoms. The highest BCUT2D eigenvalue weighted by Crippen LogP contribution is 2.41. The van der Waals surface area contributed by atoms with Gasteiger partial charge in [0.15, 0.2) is 0 Å². The van der Waals surface area contributed by atoms with E-state index in [2.05, 4.69) is 197 Å². The lowest BCUT2D eigenvalue weighted by Gasteiger charge is -2.11. The van der Waals surface area contributed by atoms with Crippen molar-refractivity contribution in [1.29, 1.82) is 0 Å². The van der Waals surface area contributed by atoms with E-state index in [1.807, 2.05) is 6.07 Å². The van der Waals surface area contributed by atoms with Gasteiger partial charge in [0.1, 0.15) is 11.2 Å². The van der Waals surface area contributed by atoms with Crippen molar-refractivity contribution >= 4 is 76.3 Å². The molecule has 0 fully saturated rings. The summed E-state index contributed by atoms with van der Waals surface area (Å²) in [5.41, 5.74) is 13.7. The number of fused-ring (bicyclic) bond motifs is 10. The van der Waals surface area contributed by atoms with Crippen LogP contribution < -0.4 is 0 Å². The number of rotatable bonds is 4. The Labute approximate surface area is 316 Å². The average Bonchev–Trinajstić information content (AvgIpc) is 3.91. The summed E-state index contributed by atoms with van der Waals surface area (Å²) in [6.07, 6.45) is 0. The maximum Gasteiger partial charge on any atom is 0.137 e. The molecule has 0 aliphatic heterocycles. The van der Waals surface area contributed by atoms with Crippen LogP contribution in [0, 0.1) is 0 Å². The monoisotopic (exact) mass is 700 g/mol. The Hall–Kier alpha value is -7.36. The highest BCUT2D eigenvalue weighted by molar-refractivity contribution is 6.15. The van der Waals surface area contributed by atoms with Crippen LogP contribution in [-0.4, -0.2) is 9.13 Å². The SMILES string of the molecule is c1ccc2cc(-c3ccc(-n4c5ccccc5c5cc(-c6ccc7c(c6)c6ccccc6n7-c6cccc7oc8ccccc8c67)ccc54)cc3)ccc2c1. The fourth-order valence-electron chi connectivity index (χ4n) is 8.96. The second-order valence-corrected chi connectivity index (χ2v) is 14.5. The van der Waals surface area contributed by atoms with E-state index in [0.717, 1.165) is 33.3 Å². The van der Waals surface area contributed by atoms with Crippen LogP contribution in [0.2, 0.25) is 0 Å². The Kier molecular flexibility index (Phi) is 6.34. The van der Waals surface area contributed by atoms with Crippen LogP contribution in [0.25, 0.3) is 110 Å². The number of para-hydroxylation sites is 3. The average molecular weight is 701 g/mol. The molecule has 3 nitrogen and oxygen atoms in total. The summed E-state index contributed by atoms with van der Waals surface area (Å²) < 4.78 is 11.1. The van der Waals surface area contributed by atoms with E-state index in [-0.39, 0.29) is 0 Å². The van der Waals surface area contributed by atoms with Gasteiger partial charge in [0.2, 0.25) is 0 Å². The van der Waals surface area contributed by atoms with Crippen LogP contribution in [0.5, 0.6) is 0 Å². The second-order valence-electron chi connectivity index (χ2n) is 14.5. The van der Waals surface area contributed by atoms with E-state index >= 15 is 0 Å². The molecule has 0 spiro atoms. The van der Waals surface area contributed by atoms with E-state index in [9.17, 15) is 0 Å². The molecular formula is C52H32N2O. The molecule has 0 bridgehead atoms. The van der Waals surface area contributed by atoms with E-state index in [4.69, 9.17) is 4.42 Å². The standard InChI is InChI=1S/C52H32N2O/c1-2-11-35-30-36(21-20-33(35)10-1)34-22-26-39(27-23-34)53-45-15-6-3-12-40(45)43-31-37(24-28-47(43)53)38-25-29-48-44(32-38)41-13-4-7-16-46(41)54(48)49-17-9-19-51-52(49)42-14-5-8-18-50(42)55-51/h1-32H. The third kappa shape index (κ3) is 4.50. The molecule has 0 saturated heterocycles. The molecule has 0 aliphatic carbocycles. The van der Waals surface area contributed by atoms with Gasteiger partial charge < -0.3 is 13.6 Å². The van der Waals surface area contributed by atoms with Gasteiger partial charge in [-0.3, -0.25) is 0 Å². The Bertz CT molecular complexity index is 3490. The number of nitrogens with zero attached hydrogens (tertiary/aromatic N) is 2. The fraction of sp³-hybridized carbons (Fsp3) is 0. The molecule has 0 N–H and O–H groups in total. The van der Waals surface area contributed by atoms with Crippen LogP contribution in [0.1, 0.15) is 0 Å². The molecule has 3 heterocycles. The van der Waals surface area contributed by atoms with Crippen LogP contribution in [-0.2, 0) is 0 Å². The van der Waals surface area contributed by atoms with Gasteiger partial charge in [-0.05, 0) is 106 Å². The van der Waals surface area contributed by atoms with Crippen molar-refractivity contribution in [1.82, 2.24) is 9.13 Å². The van der Waals surface area contributed by atoms with Gasteiger partial charge in [0, 0.05) is 32.6 Å². The van der Waals surface area contributed by atoms with Gasteiger partial charge in [-0.1, -0.05) is 121 Å². The van der Waals surface area contributed by atoms with Gasteiger partial charge in [0.25, 0.3) is 0 Å². The molecular weight excluding hydrogens is 669 g/mol. The zero-order valence-corrected chi connectivity index (χ0v) is 29.8. The number of benzene rings is 9. The summed E-state index contributed by atoms with van der Waals surface area (Å²) >= 11 is 0. The summed E-state index contributed by atoms with van der Waals surface area (Å²) in [4.78, 5) is 0. The van der Waals surface area contributed by atoms with Gasteiger partial charge in [-0.2, -0.15) is 0 Å². The predicted octanol–water partition coefficient (Wildman–Crippen LogP) is 14.3. The van der Waals surface area contributed by atoms with Crippen molar-refractivity contribution in [2.24, 2.45) is 0 Å². The fourth-order valence-corrected chi connectivity index (χ4v) is 8.96. The molecule has 12 rings (SSSR count). The molecule has 55 heavy (non-hydrogen) atoms. The van der Waals surface area contributed by atoms with Crippen molar-refractivity contribution < 1.29 is 4.42 Å². The van der Waals surface area contributed by atoms with Gasteiger partial charge in [0.05, 0.1) is 33.1 Å². The van der Waals surface area contributed by atoms with Crippen molar-refractivity contribution in [2.45, 2.75) is 0 Å². The van der Waals surface area contributed by atoms with Crippen molar-refractivity contribution in [2.75, 3.05) is 0 Å². The van der Waals surface area contributed by atoms with Crippen LogP contribution in [0.3, 0.4) is 0 Å². The van der Waals surface area contributed by atoms with Crippen LogP contribution in [0.15, 0.2) is 199 Å². The largest absolute Gasteiger partial charge is 0.456 e. The Morgan fingerprint density at radius 3 is 1.58 bits per heavy atom. The lowest BCUT2D eigenvalue weighted by Crippen LogP contribution is -1.94. The molecule has 0 saturated carbocycles. The first-order valence-electron chi connectivity index (χ1n) is 18.8. The molecule has 3 aromatic heterocycles. The Morgan fingerprint density at radius 2 is 0.836 bits per heavy atom. The predicted molar refractivity (Wildman–Crippen MR) is 231 cm³/mol. The highest BCUT2D eigenvalue weighted by atomic mass is 16.3. The molecule has 0 aliphatic rings. The number of hydrogen-bond acceptors (Lipinski definition) is 1. The minimum atomic E-state index is 0.898. The Balaban J connectivity index is 0.992. The molecule has 256 valence electrons. The second kappa shape index (κ2) is 11.6. The van der Waals surface area contributed by atoms with E-state index in [1.54, 1.807) is 0 Å². The molecule has 0 radical (unpaired) electrons. The summed E-state index contributed by atoms with van der Waals surface area (Å²) in [5.74, 6) is 0. The first-order chi connectivity index (χ1) is 27.3. The molecule has 9 aromatic carbocycles. The smallest absolute Gasteiger partial charge is 0.137 e. The topological polar surface area (TPSA) is 23.0 Å². The van der Waals surface area contributed by atoms with Crippen LogP contribution >= 0.6 is 0 Å². The zero-order valence-electron chi connectivity index (χ0n) is 29.8. The summed E-state index contributed by atoms with van der Waals surface area (Å²) in [6.45, 7) is 0. The van der Waals surface area contributed by atoms with Crippen LogP contribution in [0.4, 0.5) is 0 Å². The van der Waals surface area contributed by atoms with Crippen molar-refractivity contribution in [3.05, 3.63) is 194 Å². The van der Waals surface area contributed by atoms with Crippen molar-refractivity contribution in [3.8, 4) is 33.6 Å². The van der Waals surface area contributed by atoms with E-state index < -0.39 is 0 Å². The quantitative estimate of drug-likeness (QED) is 0.179. The third-order valence-corrected chi connectivity index (χ3v) is 11.5. The number of furan rings is 1. The minimum absolute atomic E-state index is 0.898. The third-order valence-electron chi connectivity index (χ3n) is 11.5. The summed E-state index contributed by atoms with van der Waals surface area (Å²) in [6, 6.07) is 70.3. The molecule has 0 unspecified atom stereocenters. The minimum Gasteiger partial charge on any atom is -0.456 e. The van der Waals surface area contributed by atoms with Gasteiger partial charge in [-0.25, -0.2) is 0 Å². The van der Waals surface area contributed by atoms with E-state index in [0.29, 0.717) is 0 Å². The lowest BCUT2D eigenvalue weighted by molar-refractivity contribution is 0.669.